The fraction of sp³-hybridized carbons (Fsp3) is 0.231. The van der Waals surface area contributed by atoms with Crippen molar-refractivity contribution in [2.75, 3.05) is 26.1 Å². The maximum absolute atomic E-state index is 13.4. The van der Waals surface area contributed by atoms with E-state index < -0.39 is 10.0 Å². The number of hydrogen-bond acceptors (Lipinski definition) is 10. The minimum atomic E-state index is -4.18. The van der Waals surface area contributed by atoms with Gasteiger partial charge in [-0.2, -0.15) is 13.4 Å². The molecule has 38 heavy (non-hydrogen) atoms. The molecule has 0 atom stereocenters. The lowest BCUT2D eigenvalue weighted by molar-refractivity contribution is 0.348. The lowest BCUT2D eigenvalue weighted by Gasteiger charge is -2.17. The molecule has 3 aromatic heterocycles. The highest BCUT2D eigenvalue weighted by Crippen LogP contribution is 2.41. The van der Waals surface area contributed by atoms with Gasteiger partial charge in [-0.05, 0) is 35.7 Å². The highest BCUT2D eigenvalue weighted by Gasteiger charge is 2.26. The quantitative estimate of drug-likeness (QED) is 0.304. The Hall–Kier alpha value is -4.45. The molecule has 1 N–H and O–H groups in total. The Bertz CT molecular complexity index is 1530. The van der Waals surface area contributed by atoms with Gasteiger partial charge in [-0.25, -0.2) is 15.0 Å². The molecule has 3 heterocycles. The number of nitrogens with one attached hydrogen (secondary N) is 1. The molecule has 0 amide bonds. The Morgan fingerprint density at radius 3 is 2.26 bits per heavy atom. The summed E-state index contributed by atoms with van der Waals surface area (Å²) in [6.45, 7) is 3.99. The van der Waals surface area contributed by atoms with Crippen LogP contribution in [0.5, 0.6) is 29.0 Å². The van der Waals surface area contributed by atoms with E-state index in [9.17, 15) is 8.42 Å². The van der Waals surface area contributed by atoms with Crippen molar-refractivity contribution in [1.29, 1.82) is 0 Å². The third kappa shape index (κ3) is 5.75. The number of ether oxygens (including phenoxy) is 4. The molecule has 0 saturated carbocycles. The second-order valence-corrected chi connectivity index (χ2v) is 9.89. The summed E-state index contributed by atoms with van der Waals surface area (Å²) < 4.78 is 51.4. The van der Waals surface area contributed by atoms with E-state index in [1.165, 1.54) is 39.8 Å². The fourth-order valence-electron chi connectivity index (χ4n) is 3.40. The van der Waals surface area contributed by atoms with Gasteiger partial charge in [-0.1, -0.05) is 32.0 Å². The van der Waals surface area contributed by atoms with E-state index in [0.717, 1.165) is 5.56 Å². The first kappa shape index (κ1) is 26.6. The van der Waals surface area contributed by atoms with Gasteiger partial charge in [0.05, 0.1) is 21.3 Å². The van der Waals surface area contributed by atoms with Gasteiger partial charge in [-0.15, -0.1) is 0 Å². The van der Waals surface area contributed by atoms with E-state index >= 15 is 0 Å². The summed E-state index contributed by atoms with van der Waals surface area (Å²) >= 11 is 0. The highest BCUT2D eigenvalue weighted by molar-refractivity contribution is 7.92. The fourth-order valence-corrected chi connectivity index (χ4v) is 4.34. The zero-order chi connectivity index (χ0) is 27.3. The topological polar surface area (TPSA) is 135 Å². The monoisotopic (exact) mass is 537 g/mol. The molecule has 0 unspecified atom stereocenters. The number of nitrogens with zero attached hydrogens (tertiary/aromatic N) is 4. The van der Waals surface area contributed by atoms with Gasteiger partial charge in [0.2, 0.25) is 11.6 Å². The van der Waals surface area contributed by atoms with Crippen molar-refractivity contribution in [1.82, 2.24) is 19.9 Å². The van der Waals surface area contributed by atoms with E-state index in [1.807, 2.05) is 13.8 Å². The first-order valence-corrected chi connectivity index (χ1v) is 13.0. The van der Waals surface area contributed by atoms with Crippen molar-refractivity contribution in [3.05, 3.63) is 66.5 Å². The molecule has 0 spiro atoms. The average molecular weight is 538 g/mol. The van der Waals surface area contributed by atoms with Crippen molar-refractivity contribution in [3.8, 4) is 40.4 Å². The zero-order valence-electron chi connectivity index (χ0n) is 21.5. The smallest absolute Gasteiger partial charge is 0.280 e. The second kappa shape index (κ2) is 11.3. The van der Waals surface area contributed by atoms with Crippen molar-refractivity contribution >= 4 is 15.8 Å². The SMILES string of the molecule is COc1cc(-c2nc(NS(=O)(=O)c3ccc(C(C)C)cn3)c(Oc3ccccc3OC)c(OC)n2)ccn1. The van der Waals surface area contributed by atoms with Gasteiger partial charge in [-0.3, -0.25) is 4.72 Å². The molecule has 0 aliphatic rings. The Morgan fingerprint density at radius 1 is 0.868 bits per heavy atom. The van der Waals surface area contributed by atoms with Gasteiger partial charge in [0, 0.05) is 24.0 Å². The molecule has 0 radical (unpaired) electrons. The van der Waals surface area contributed by atoms with Crippen molar-refractivity contribution < 1.29 is 27.4 Å². The lowest BCUT2D eigenvalue weighted by atomic mass is 10.1. The summed E-state index contributed by atoms with van der Waals surface area (Å²) in [5, 5.41) is -0.185. The number of rotatable bonds is 10. The van der Waals surface area contributed by atoms with Gasteiger partial charge in [0.15, 0.2) is 28.2 Å². The Kier molecular flexibility index (Phi) is 7.91. The molecule has 0 fully saturated rings. The predicted molar refractivity (Wildman–Crippen MR) is 141 cm³/mol. The van der Waals surface area contributed by atoms with Crippen LogP contribution in [0.1, 0.15) is 25.3 Å². The van der Waals surface area contributed by atoms with Crippen LogP contribution in [0.4, 0.5) is 5.82 Å². The molecule has 12 heteroatoms. The van der Waals surface area contributed by atoms with Crippen LogP contribution in [0.3, 0.4) is 0 Å². The summed E-state index contributed by atoms with van der Waals surface area (Å²) in [6, 6.07) is 13.3. The minimum absolute atomic E-state index is 0.0162. The predicted octanol–water partition coefficient (Wildman–Crippen LogP) is 4.68. The number of benzene rings is 1. The van der Waals surface area contributed by atoms with E-state index in [4.69, 9.17) is 18.9 Å². The lowest BCUT2D eigenvalue weighted by Crippen LogP contribution is -2.17. The molecule has 198 valence electrons. The molecule has 4 rings (SSSR count). The summed E-state index contributed by atoms with van der Waals surface area (Å²) in [7, 11) is 0.182. The third-order valence-corrected chi connectivity index (χ3v) is 6.70. The molecule has 1 aromatic carbocycles. The molecule has 0 aliphatic carbocycles. The van der Waals surface area contributed by atoms with Crippen LogP contribution in [-0.4, -0.2) is 49.7 Å². The van der Waals surface area contributed by atoms with Gasteiger partial charge in [0.1, 0.15) is 0 Å². The highest BCUT2D eigenvalue weighted by atomic mass is 32.2. The summed E-state index contributed by atoms with van der Waals surface area (Å²) in [4.78, 5) is 17.2. The van der Waals surface area contributed by atoms with Crippen molar-refractivity contribution in [2.45, 2.75) is 24.8 Å². The summed E-state index contributed by atoms with van der Waals surface area (Å²) in [5.41, 5.74) is 1.42. The van der Waals surface area contributed by atoms with E-state index in [1.54, 1.807) is 42.5 Å². The number of hydrogen-bond donors (Lipinski definition) is 1. The normalized spacial score (nSPS) is 11.2. The molecular formula is C26H27N5O6S. The van der Waals surface area contributed by atoms with Crippen LogP contribution < -0.4 is 23.7 Å². The minimum Gasteiger partial charge on any atom is -0.493 e. The number of para-hydroxylation sites is 2. The van der Waals surface area contributed by atoms with Gasteiger partial charge in [0.25, 0.3) is 15.9 Å². The molecular weight excluding hydrogens is 510 g/mol. The first-order chi connectivity index (χ1) is 18.2. The van der Waals surface area contributed by atoms with Crippen molar-refractivity contribution in [2.24, 2.45) is 0 Å². The van der Waals surface area contributed by atoms with Crippen LogP contribution in [0, 0.1) is 0 Å². The van der Waals surface area contributed by atoms with Crippen LogP contribution in [0.15, 0.2) is 66.0 Å². The van der Waals surface area contributed by atoms with Gasteiger partial charge < -0.3 is 18.9 Å². The standard InChI is InChI=1S/C26H27N5O6S/c1-16(2)18-10-11-22(28-15-18)38(32,33)31-25-23(37-20-9-7-6-8-19(20)34-3)26(36-5)30-24(29-25)17-12-13-27-21(14-17)35-4/h6-16H,1-5H3,(H,29,30,31). The van der Waals surface area contributed by atoms with E-state index in [-0.39, 0.29) is 34.2 Å². The van der Waals surface area contributed by atoms with E-state index in [2.05, 4.69) is 24.7 Å². The first-order valence-electron chi connectivity index (χ1n) is 11.5. The maximum Gasteiger partial charge on any atom is 0.280 e. The maximum atomic E-state index is 13.4. The molecule has 0 bridgehead atoms. The Balaban J connectivity index is 1.85. The van der Waals surface area contributed by atoms with Crippen LogP contribution in [-0.2, 0) is 10.0 Å². The number of sulfonamides is 1. The summed E-state index contributed by atoms with van der Waals surface area (Å²) in [6.07, 6.45) is 3.05. The van der Waals surface area contributed by atoms with Crippen LogP contribution >= 0.6 is 0 Å². The Labute approximate surface area is 220 Å². The number of methoxy groups -OCH3 is 3. The molecule has 4 aromatic rings. The Morgan fingerprint density at radius 2 is 1.63 bits per heavy atom. The molecule has 0 saturated heterocycles. The van der Waals surface area contributed by atoms with E-state index in [0.29, 0.717) is 22.9 Å². The number of aromatic nitrogens is 4. The second-order valence-electron chi connectivity index (χ2n) is 8.26. The average Bonchev–Trinajstić information content (AvgIpc) is 2.94. The molecule has 0 aliphatic heterocycles. The third-order valence-electron chi connectivity index (χ3n) is 5.44. The molecule has 11 nitrogen and oxygen atoms in total. The van der Waals surface area contributed by atoms with Gasteiger partial charge >= 0.3 is 0 Å². The number of pyridine rings is 2. The number of anilines is 1. The van der Waals surface area contributed by atoms with Crippen LogP contribution in [0.25, 0.3) is 11.4 Å². The largest absolute Gasteiger partial charge is 0.493 e. The summed E-state index contributed by atoms with van der Waals surface area (Å²) in [5.74, 6) is 1.14. The van der Waals surface area contributed by atoms with Crippen LogP contribution in [0.2, 0.25) is 0 Å². The zero-order valence-corrected chi connectivity index (χ0v) is 22.3. The van der Waals surface area contributed by atoms with Crippen molar-refractivity contribution in [3.63, 3.8) is 0 Å².